The fourth-order valence-corrected chi connectivity index (χ4v) is 3.33. The molecule has 0 saturated carbocycles. The van der Waals surface area contributed by atoms with E-state index in [1.165, 1.54) is 6.33 Å². The maximum absolute atomic E-state index is 6.21. The third-order valence-corrected chi connectivity index (χ3v) is 4.63. The predicted molar refractivity (Wildman–Crippen MR) is 101 cm³/mol. The van der Waals surface area contributed by atoms with Gasteiger partial charge in [0.2, 0.25) is 6.79 Å². The van der Waals surface area contributed by atoms with Crippen molar-refractivity contribution >= 4 is 16.9 Å². The lowest BCUT2D eigenvalue weighted by Crippen LogP contribution is -1.97. The number of nitrogens with zero attached hydrogens (tertiary/aromatic N) is 3. The lowest BCUT2D eigenvalue weighted by atomic mass is 10.1. The van der Waals surface area contributed by atoms with Gasteiger partial charge in [-0.15, -0.1) is 0 Å². The Morgan fingerprint density at radius 2 is 1.96 bits per heavy atom. The van der Waals surface area contributed by atoms with Gasteiger partial charge in [0.15, 0.2) is 17.1 Å². The standard InChI is InChI=1S/C20H16N4O3/c1-25-14-4-2-3-12(7-14)15-9-24(20-18(15)19(21)22-10-23-20)13-5-6-16-17(8-13)27-11-26-16/h2-10H,11H2,1H3,(H2,21,22,23). The van der Waals surface area contributed by atoms with E-state index in [9.17, 15) is 0 Å². The summed E-state index contributed by atoms with van der Waals surface area (Å²) < 4.78 is 18.3. The van der Waals surface area contributed by atoms with Crippen LogP contribution in [0.2, 0.25) is 0 Å². The van der Waals surface area contributed by atoms with Crippen molar-refractivity contribution in [3.05, 3.63) is 55.0 Å². The molecular weight excluding hydrogens is 344 g/mol. The van der Waals surface area contributed by atoms with E-state index in [2.05, 4.69) is 9.97 Å². The summed E-state index contributed by atoms with van der Waals surface area (Å²) in [6.45, 7) is 0.232. The van der Waals surface area contributed by atoms with E-state index in [-0.39, 0.29) is 6.79 Å². The number of hydrogen-bond acceptors (Lipinski definition) is 6. The Balaban J connectivity index is 1.76. The highest BCUT2D eigenvalue weighted by Crippen LogP contribution is 2.38. The molecule has 0 spiro atoms. The number of methoxy groups -OCH3 is 1. The largest absolute Gasteiger partial charge is 0.497 e. The van der Waals surface area contributed by atoms with Gasteiger partial charge in [-0.3, -0.25) is 0 Å². The number of aromatic nitrogens is 3. The fraction of sp³-hybridized carbons (Fsp3) is 0.100. The molecule has 5 rings (SSSR count). The number of ether oxygens (including phenoxy) is 3. The molecule has 0 saturated heterocycles. The van der Waals surface area contributed by atoms with Crippen molar-refractivity contribution in [2.45, 2.75) is 0 Å². The lowest BCUT2D eigenvalue weighted by molar-refractivity contribution is 0.174. The van der Waals surface area contributed by atoms with Crippen LogP contribution in [-0.2, 0) is 0 Å². The number of nitrogens with two attached hydrogens (primary N) is 1. The van der Waals surface area contributed by atoms with E-state index in [0.717, 1.165) is 39.3 Å². The maximum atomic E-state index is 6.21. The van der Waals surface area contributed by atoms with Crippen molar-refractivity contribution in [3.8, 4) is 34.1 Å². The molecule has 3 heterocycles. The average Bonchev–Trinajstić information content (AvgIpc) is 3.32. The normalized spacial score (nSPS) is 12.5. The molecule has 0 amide bonds. The van der Waals surface area contributed by atoms with Crippen LogP contribution in [0.25, 0.3) is 27.8 Å². The summed E-state index contributed by atoms with van der Waals surface area (Å²) in [5, 5.41) is 0.795. The monoisotopic (exact) mass is 360 g/mol. The molecule has 0 bridgehead atoms. The summed E-state index contributed by atoms with van der Waals surface area (Å²) in [5.74, 6) is 2.64. The summed E-state index contributed by atoms with van der Waals surface area (Å²) in [5.41, 5.74) is 9.73. The zero-order valence-corrected chi connectivity index (χ0v) is 14.5. The Bertz CT molecular complexity index is 1170. The highest BCUT2D eigenvalue weighted by atomic mass is 16.7. The van der Waals surface area contributed by atoms with Gasteiger partial charge in [-0.05, 0) is 29.8 Å². The topological polar surface area (TPSA) is 84.4 Å². The van der Waals surface area contributed by atoms with Gasteiger partial charge < -0.3 is 24.5 Å². The van der Waals surface area contributed by atoms with Crippen molar-refractivity contribution in [1.82, 2.24) is 14.5 Å². The van der Waals surface area contributed by atoms with Crippen LogP contribution < -0.4 is 19.9 Å². The Morgan fingerprint density at radius 3 is 2.85 bits per heavy atom. The number of fused-ring (bicyclic) bond motifs is 2. The van der Waals surface area contributed by atoms with E-state index < -0.39 is 0 Å². The molecule has 7 heteroatoms. The van der Waals surface area contributed by atoms with Crippen LogP contribution in [0.1, 0.15) is 0 Å². The van der Waals surface area contributed by atoms with E-state index in [4.69, 9.17) is 19.9 Å². The molecular formula is C20H16N4O3. The van der Waals surface area contributed by atoms with Gasteiger partial charge >= 0.3 is 0 Å². The third-order valence-electron chi connectivity index (χ3n) is 4.63. The molecule has 0 radical (unpaired) electrons. The Hall–Kier alpha value is -3.74. The zero-order chi connectivity index (χ0) is 18.4. The van der Waals surface area contributed by atoms with Crippen LogP contribution in [-0.4, -0.2) is 28.4 Å². The molecule has 7 nitrogen and oxygen atoms in total. The van der Waals surface area contributed by atoms with Gasteiger partial charge in [0.25, 0.3) is 0 Å². The SMILES string of the molecule is COc1cccc(-c2cn(-c3ccc4c(c3)OCO4)c3ncnc(N)c23)c1. The average molecular weight is 360 g/mol. The molecule has 0 unspecified atom stereocenters. The maximum Gasteiger partial charge on any atom is 0.231 e. The second kappa shape index (κ2) is 5.91. The number of benzene rings is 2. The van der Waals surface area contributed by atoms with Crippen molar-refractivity contribution in [1.29, 1.82) is 0 Å². The van der Waals surface area contributed by atoms with E-state index in [0.29, 0.717) is 11.6 Å². The van der Waals surface area contributed by atoms with Gasteiger partial charge in [0.1, 0.15) is 17.9 Å². The van der Waals surface area contributed by atoms with Gasteiger partial charge in [0, 0.05) is 17.8 Å². The Kier molecular flexibility index (Phi) is 3.39. The quantitative estimate of drug-likeness (QED) is 0.603. The van der Waals surface area contributed by atoms with Gasteiger partial charge in [-0.1, -0.05) is 12.1 Å². The smallest absolute Gasteiger partial charge is 0.231 e. The Morgan fingerprint density at radius 1 is 1.07 bits per heavy atom. The first kappa shape index (κ1) is 15.5. The van der Waals surface area contributed by atoms with Crippen LogP contribution in [0, 0.1) is 0 Å². The minimum absolute atomic E-state index is 0.232. The van der Waals surface area contributed by atoms with E-state index in [1.807, 2.05) is 53.2 Å². The van der Waals surface area contributed by atoms with Crippen molar-refractivity contribution in [2.75, 3.05) is 19.6 Å². The molecule has 2 aromatic heterocycles. The molecule has 0 fully saturated rings. The molecule has 2 N–H and O–H groups in total. The van der Waals surface area contributed by atoms with Gasteiger partial charge in [-0.2, -0.15) is 0 Å². The number of rotatable bonds is 3. The highest BCUT2D eigenvalue weighted by Gasteiger charge is 2.19. The second-order valence-electron chi connectivity index (χ2n) is 6.14. The second-order valence-corrected chi connectivity index (χ2v) is 6.14. The highest BCUT2D eigenvalue weighted by molar-refractivity contribution is 6.01. The molecule has 2 aromatic carbocycles. The summed E-state index contributed by atoms with van der Waals surface area (Å²) in [7, 11) is 1.65. The van der Waals surface area contributed by atoms with Crippen LogP contribution in [0.15, 0.2) is 55.0 Å². The number of hydrogen-bond donors (Lipinski definition) is 1. The number of nitrogen functional groups attached to an aromatic ring is 1. The van der Waals surface area contributed by atoms with Gasteiger partial charge in [-0.25, -0.2) is 9.97 Å². The first-order valence-corrected chi connectivity index (χ1v) is 8.40. The minimum atomic E-state index is 0.232. The zero-order valence-electron chi connectivity index (χ0n) is 14.5. The minimum Gasteiger partial charge on any atom is -0.497 e. The van der Waals surface area contributed by atoms with Crippen molar-refractivity contribution in [2.24, 2.45) is 0 Å². The van der Waals surface area contributed by atoms with Crippen LogP contribution >= 0.6 is 0 Å². The summed E-state index contributed by atoms with van der Waals surface area (Å²) in [4.78, 5) is 8.65. The molecule has 4 aromatic rings. The fourth-order valence-electron chi connectivity index (χ4n) is 3.33. The van der Waals surface area contributed by atoms with Crippen molar-refractivity contribution < 1.29 is 14.2 Å². The molecule has 1 aliphatic heterocycles. The first-order valence-electron chi connectivity index (χ1n) is 8.40. The van der Waals surface area contributed by atoms with Crippen molar-refractivity contribution in [3.63, 3.8) is 0 Å². The lowest BCUT2D eigenvalue weighted by Gasteiger charge is -2.06. The summed E-state index contributed by atoms with van der Waals surface area (Å²) in [6.07, 6.45) is 3.47. The summed E-state index contributed by atoms with van der Waals surface area (Å²) >= 11 is 0. The van der Waals surface area contributed by atoms with Crippen LogP contribution in [0.3, 0.4) is 0 Å². The third kappa shape index (κ3) is 2.43. The molecule has 0 aliphatic carbocycles. The van der Waals surface area contributed by atoms with E-state index in [1.54, 1.807) is 7.11 Å². The van der Waals surface area contributed by atoms with Gasteiger partial charge in [0.05, 0.1) is 18.2 Å². The Labute approximate surface area is 154 Å². The van der Waals surface area contributed by atoms with Crippen LogP contribution in [0.4, 0.5) is 5.82 Å². The number of anilines is 1. The molecule has 134 valence electrons. The summed E-state index contributed by atoms with van der Waals surface area (Å²) in [6, 6.07) is 13.6. The molecule has 0 atom stereocenters. The van der Waals surface area contributed by atoms with E-state index >= 15 is 0 Å². The molecule has 27 heavy (non-hydrogen) atoms. The van der Waals surface area contributed by atoms with Crippen LogP contribution in [0.5, 0.6) is 17.2 Å². The molecule has 1 aliphatic rings. The predicted octanol–water partition coefficient (Wildman–Crippen LogP) is 3.41. The first-order chi connectivity index (χ1) is 13.2.